The lowest BCUT2D eigenvalue weighted by atomic mass is 9.88. The molecule has 0 bridgehead atoms. The van der Waals surface area contributed by atoms with Crippen molar-refractivity contribution in [3.8, 4) is 17.0 Å². The summed E-state index contributed by atoms with van der Waals surface area (Å²) in [4.78, 5) is 17.2. The van der Waals surface area contributed by atoms with Crippen molar-refractivity contribution in [1.82, 2.24) is 9.78 Å². The van der Waals surface area contributed by atoms with Gasteiger partial charge in [-0.1, -0.05) is 29.8 Å². The number of nitrogens with zero attached hydrogens (tertiary/aromatic N) is 3. The summed E-state index contributed by atoms with van der Waals surface area (Å²) in [6, 6.07) is 11.9. The highest BCUT2D eigenvalue weighted by atomic mass is 35.5. The van der Waals surface area contributed by atoms with Crippen LogP contribution in [0.1, 0.15) is 58.4 Å². The molecule has 3 aromatic rings. The predicted octanol–water partition coefficient (Wildman–Crippen LogP) is 7.22. The molecular formula is C28H31ClF3N3O3. The molecule has 0 N–H and O–H groups in total. The van der Waals surface area contributed by atoms with Crippen LogP contribution >= 0.6 is 11.6 Å². The molecule has 0 saturated heterocycles. The van der Waals surface area contributed by atoms with Crippen LogP contribution in [-0.4, -0.2) is 33.7 Å². The molecular weight excluding hydrogens is 519 g/mol. The topological polar surface area (TPSA) is 65.7 Å². The standard InChI is InChI=1S/C28H31ClF3N3O3/c1-8-37-25(36)26(4,5)38-23-14-13-20(15-21(23)29)27(6,33-17(2)3)24-16-22(34-35(24)7)18-9-11-19(12-10-18)28(30,31)32/h9-16H,8H2,1-7H3. The van der Waals surface area contributed by atoms with E-state index in [0.29, 0.717) is 22.7 Å². The number of aliphatic imine (C=N–C) groups is 1. The van der Waals surface area contributed by atoms with Gasteiger partial charge in [0.05, 0.1) is 28.6 Å². The fourth-order valence-corrected chi connectivity index (χ4v) is 4.34. The molecule has 0 aliphatic rings. The molecule has 0 amide bonds. The van der Waals surface area contributed by atoms with Gasteiger partial charge in [-0.05, 0) is 77.4 Å². The number of aromatic nitrogens is 2. The van der Waals surface area contributed by atoms with Gasteiger partial charge in [-0.25, -0.2) is 4.79 Å². The van der Waals surface area contributed by atoms with E-state index in [4.69, 9.17) is 26.1 Å². The summed E-state index contributed by atoms with van der Waals surface area (Å²) in [6.07, 6.45) is -4.42. The number of ether oxygens (including phenoxy) is 2. The zero-order valence-electron chi connectivity index (χ0n) is 22.4. The Morgan fingerprint density at radius 3 is 2.16 bits per heavy atom. The summed E-state index contributed by atoms with van der Waals surface area (Å²) in [7, 11) is 1.75. The maximum Gasteiger partial charge on any atom is 0.416 e. The molecule has 0 radical (unpaired) electrons. The number of aryl methyl sites for hydroxylation is 1. The highest BCUT2D eigenvalue weighted by molar-refractivity contribution is 6.32. The number of carbonyl (C=O) groups excluding carboxylic acids is 1. The van der Waals surface area contributed by atoms with Crippen molar-refractivity contribution in [2.45, 2.75) is 58.9 Å². The molecule has 10 heteroatoms. The molecule has 1 unspecified atom stereocenters. The second kappa shape index (κ2) is 10.8. The van der Waals surface area contributed by atoms with Crippen LogP contribution < -0.4 is 4.74 Å². The van der Waals surface area contributed by atoms with Crippen molar-refractivity contribution in [2.24, 2.45) is 12.0 Å². The Labute approximate surface area is 225 Å². The Bertz CT molecular complexity index is 1340. The van der Waals surface area contributed by atoms with E-state index in [2.05, 4.69) is 5.10 Å². The minimum Gasteiger partial charge on any atom is -0.475 e. The number of hydrogen-bond donors (Lipinski definition) is 0. The van der Waals surface area contributed by atoms with Gasteiger partial charge in [0.2, 0.25) is 0 Å². The molecule has 1 heterocycles. The fourth-order valence-electron chi connectivity index (χ4n) is 4.12. The van der Waals surface area contributed by atoms with E-state index in [-0.39, 0.29) is 11.6 Å². The van der Waals surface area contributed by atoms with Gasteiger partial charge >= 0.3 is 12.1 Å². The smallest absolute Gasteiger partial charge is 0.416 e. The maximum atomic E-state index is 13.0. The van der Waals surface area contributed by atoms with Gasteiger partial charge in [-0.15, -0.1) is 0 Å². The Hall–Kier alpha value is -3.33. The van der Waals surface area contributed by atoms with Crippen LogP contribution in [0.4, 0.5) is 13.2 Å². The zero-order chi connectivity index (χ0) is 28.5. The molecule has 0 fully saturated rings. The Kier molecular flexibility index (Phi) is 8.31. The normalized spacial score (nSPS) is 13.6. The van der Waals surface area contributed by atoms with Crippen LogP contribution in [0.15, 0.2) is 53.5 Å². The first-order valence-corrected chi connectivity index (χ1v) is 12.4. The molecule has 3 rings (SSSR count). The van der Waals surface area contributed by atoms with Gasteiger partial charge in [-0.3, -0.25) is 9.67 Å². The highest BCUT2D eigenvalue weighted by Gasteiger charge is 2.35. The monoisotopic (exact) mass is 549 g/mol. The first-order valence-electron chi connectivity index (χ1n) is 12.0. The number of carbonyl (C=O) groups is 1. The average molecular weight is 550 g/mol. The molecule has 0 saturated carbocycles. The van der Waals surface area contributed by atoms with Crippen LogP contribution in [0.2, 0.25) is 5.02 Å². The van der Waals surface area contributed by atoms with Gasteiger partial charge < -0.3 is 9.47 Å². The third-order valence-corrected chi connectivity index (χ3v) is 6.26. The van der Waals surface area contributed by atoms with Crippen molar-refractivity contribution >= 4 is 23.3 Å². The average Bonchev–Trinajstić information content (AvgIpc) is 3.21. The first kappa shape index (κ1) is 29.2. The van der Waals surface area contributed by atoms with Crippen molar-refractivity contribution in [3.63, 3.8) is 0 Å². The molecule has 6 nitrogen and oxygen atoms in total. The van der Waals surface area contributed by atoms with Gasteiger partial charge in [0.25, 0.3) is 0 Å². The van der Waals surface area contributed by atoms with Gasteiger partial charge in [0, 0.05) is 18.3 Å². The maximum absolute atomic E-state index is 13.0. The number of halogens is 4. The summed E-state index contributed by atoms with van der Waals surface area (Å²) in [6.45, 7) is 10.8. The summed E-state index contributed by atoms with van der Waals surface area (Å²) in [5, 5.41) is 4.83. The predicted molar refractivity (Wildman–Crippen MR) is 142 cm³/mol. The number of esters is 1. The lowest BCUT2D eigenvalue weighted by molar-refractivity contribution is -0.158. The molecule has 1 aromatic heterocycles. The Morgan fingerprint density at radius 1 is 1.03 bits per heavy atom. The lowest BCUT2D eigenvalue weighted by Gasteiger charge is -2.29. The summed E-state index contributed by atoms with van der Waals surface area (Å²) in [5.74, 6) is -0.203. The van der Waals surface area contributed by atoms with Crippen LogP contribution in [0, 0.1) is 0 Å². The number of alkyl halides is 3. The van der Waals surface area contributed by atoms with Crippen LogP contribution in [0.3, 0.4) is 0 Å². The van der Waals surface area contributed by atoms with Gasteiger partial charge in [-0.2, -0.15) is 18.3 Å². The zero-order valence-corrected chi connectivity index (χ0v) is 23.2. The Morgan fingerprint density at radius 2 is 1.63 bits per heavy atom. The van der Waals surface area contributed by atoms with E-state index >= 15 is 0 Å². The SMILES string of the molecule is CCOC(=O)C(C)(C)Oc1ccc(C(C)(N=C(C)C)c2cc(-c3ccc(C(F)(F)F)cc3)nn2C)cc1Cl. The first-order chi connectivity index (χ1) is 17.6. The van der Waals surface area contributed by atoms with E-state index in [1.807, 2.05) is 20.8 Å². The number of benzene rings is 2. The Balaban J connectivity index is 2.03. The largest absolute Gasteiger partial charge is 0.475 e. The van der Waals surface area contributed by atoms with Gasteiger partial charge in [0.15, 0.2) is 5.60 Å². The number of hydrogen-bond acceptors (Lipinski definition) is 5. The van der Waals surface area contributed by atoms with Crippen molar-refractivity contribution in [2.75, 3.05) is 6.61 Å². The van der Waals surface area contributed by atoms with Crippen molar-refractivity contribution in [1.29, 1.82) is 0 Å². The minimum atomic E-state index is -4.42. The second-order valence-corrected chi connectivity index (χ2v) is 10.1. The molecule has 2 aromatic carbocycles. The fraction of sp³-hybridized carbons (Fsp3) is 0.393. The minimum absolute atomic E-state index is 0.226. The summed E-state index contributed by atoms with van der Waals surface area (Å²) >= 11 is 6.60. The molecule has 1 atom stereocenters. The number of rotatable bonds is 8. The summed E-state index contributed by atoms with van der Waals surface area (Å²) < 4.78 is 51.6. The third kappa shape index (κ3) is 6.20. The molecule has 0 aliphatic carbocycles. The second-order valence-electron chi connectivity index (χ2n) is 9.72. The van der Waals surface area contributed by atoms with Gasteiger partial charge in [0.1, 0.15) is 11.3 Å². The van der Waals surface area contributed by atoms with E-state index in [9.17, 15) is 18.0 Å². The summed E-state index contributed by atoms with van der Waals surface area (Å²) in [5.41, 5.74) is 0.361. The third-order valence-electron chi connectivity index (χ3n) is 5.96. The molecule has 0 aliphatic heterocycles. The molecule has 204 valence electrons. The van der Waals surface area contributed by atoms with Crippen LogP contribution in [0.25, 0.3) is 11.3 Å². The highest BCUT2D eigenvalue weighted by Crippen LogP contribution is 2.40. The quantitative estimate of drug-likeness (QED) is 0.220. The van der Waals surface area contributed by atoms with E-state index < -0.39 is 28.8 Å². The van der Waals surface area contributed by atoms with Crippen LogP contribution in [0.5, 0.6) is 5.75 Å². The van der Waals surface area contributed by atoms with Crippen molar-refractivity contribution in [3.05, 3.63) is 70.4 Å². The van der Waals surface area contributed by atoms with Crippen molar-refractivity contribution < 1.29 is 27.4 Å². The van der Waals surface area contributed by atoms with E-state index in [1.54, 1.807) is 56.8 Å². The molecule has 38 heavy (non-hydrogen) atoms. The van der Waals surface area contributed by atoms with E-state index in [0.717, 1.165) is 23.4 Å². The van der Waals surface area contributed by atoms with E-state index in [1.165, 1.54) is 12.1 Å². The lowest BCUT2D eigenvalue weighted by Crippen LogP contribution is -2.39. The molecule has 0 spiro atoms. The van der Waals surface area contributed by atoms with Crippen LogP contribution in [-0.2, 0) is 28.3 Å².